The van der Waals surface area contributed by atoms with Crippen LogP contribution in [0.5, 0.6) is 0 Å². The molecule has 1 saturated heterocycles. The van der Waals surface area contributed by atoms with Crippen LogP contribution in [0.2, 0.25) is 0 Å². The average molecular weight is 355 g/mol. The van der Waals surface area contributed by atoms with E-state index in [1.165, 1.54) is 43.5 Å². The first-order valence-electron chi connectivity index (χ1n) is 9.51. The van der Waals surface area contributed by atoms with Crippen LogP contribution in [0.4, 0.5) is 8.78 Å². The summed E-state index contributed by atoms with van der Waals surface area (Å²) in [5, 5.41) is 0. The van der Waals surface area contributed by atoms with Gasteiger partial charge in [-0.15, -0.1) is 0 Å². The number of hydrogen-bond donors (Lipinski definition) is 0. The molecule has 2 fully saturated rings. The summed E-state index contributed by atoms with van der Waals surface area (Å²) in [4.78, 5) is 2.58. The molecule has 4 rings (SSSR count). The Morgan fingerprint density at radius 2 is 1.35 bits per heavy atom. The molecule has 2 aromatic carbocycles. The normalized spacial score (nSPS) is 27.8. The molecule has 0 aromatic heterocycles. The third-order valence-electron chi connectivity index (χ3n) is 6.16. The molecule has 0 radical (unpaired) electrons. The fraction of sp³-hybridized carbons (Fsp3) is 0.478. The van der Waals surface area contributed by atoms with Gasteiger partial charge in [-0.25, -0.2) is 8.78 Å². The molecule has 2 aromatic rings. The predicted molar refractivity (Wildman–Crippen MR) is 101 cm³/mol. The van der Waals surface area contributed by atoms with Crippen LogP contribution in [0.3, 0.4) is 0 Å². The highest BCUT2D eigenvalue weighted by Gasteiger charge is 2.51. The monoisotopic (exact) mass is 355 g/mol. The average Bonchev–Trinajstić information content (AvgIpc) is 2.80. The summed E-state index contributed by atoms with van der Waals surface area (Å²) in [7, 11) is 0. The number of benzene rings is 2. The van der Waals surface area contributed by atoms with Crippen molar-refractivity contribution in [3.63, 3.8) is 0 Å². The number of rotatable bonds is 3. The first-order chi connectivity index (χ1) is 12.2. The molecule has 2 unspecified atom stereocenters. The molecule has 1 heterocycles. The van der Waals surface area contributed by atoms with Crippen molar-refractivity contribution < 1.29 is 8.78 Å². The Kier molecular flexibility index (Phi) is 4.18. The van der Waals surface area contributed by atoms with Crippen molar-refractivity contribution in [2.24, 2.45) is 10.8 Å². The number of hydrogen-bond acceptors (Lipinski definition) is 1. The Balaban J connectivity index is 1.76. The predicted octanol–water partition coefficient (Wildman–Crippen LogP) is 5.95. The van der Waals surface area contributed by atoms with Gasteiger partial charge in [0.2, 0.25) is 0 Å². The van der Waals surface area contributed by atoms with Gasteiger partial charge < -0.3 is 0 Å². The maximum atomic E-state index is 13.5. The summed E-state index contributed by atoms with van der Waals surface area (Å²) < 4.78 is 27.0. The van der Waals surface area contributed by atoms with Crippen molar-refractivity contribution in [1.29, 1.82) is 0 Å². The van der Waals surface area contributed by atoms with Crippen molar-refractivity contribution in [2.45, 2.75) is 52.1 Å². The van der Waals surface area contributed by atoms with E-state index in [0.29, 0.717) is 16.9 Å². The van der Waals surface area contributed by atoms with E-state index in [0.717, 1.165) is 17.7 Å². The van der Waals surface area contributed by atoms with Gasteiger partial charge in [0.15, 0.2) is 0 Å². The van der Waals surface area contributed by atoms with Gasteiger partial charge >= 0.3 is 0 Å². The third kappa shape index (κ3) is 3.29. The zero-order chi connectivity index (χ0) is 18.5. The summed E-state index contributed by atoms with van der Waals surface area (Å²) in [5.74, 6) is -0.445. The SMILES string of the molecule is CC1(C)CC2CC(C)(CN2C(c2ccc(F)cc2)c2ccc(F)cc2)C1. The molecular formula is C23H27F2N. The third-order valence-corrected chi connectivity index (χ3v) is 6.16. The highest BCUT2D eigenvalue weighted by molar-refractivity contribution is 5.33. The van der Waals surface area contributed by atoms with Gasteiger partial charge in [-0.1, -0.05) is 45.0 Å². The zero-order valence-electron chi connectivity index (χ0n) is 15.8. The van der Waals surface area contributed by atoms with Gasteiger partial charge in [-0.05, 0) is 65.5 Å². The van der Waals surface area contributed by atoms with Gasteiger partial charge in [0, 0.05) is 12.6 Å². The van der Waals surface area contributed by atoms with Crippen LogP contribution in [0.15, 0.2) is 48.5 Å². The van der Waals surface area contributed by atoms with Crippen LogP contribution in [-0.2, 0) is 0 Å². The van der Waals surface area contributed by atoms with Crippen molar-refractivity contribution in [2.75, 3.05) is 6.54 Å². The van der Waals surface area contributed by atoms with E-state index in [1.54, 1.807) is 0 Å². The molecule has 1 saturated carbocycles. The minimum atomic E-state index is -0.222. The van der Waals surface area contributed by atoms with Gasteiger partial charge in [-0.2, -0.15) is 0 Å². The van der Waals surface area contributed by atoms with Crippen LogP contribution in [0.1, 0.15) is 57.2 Å². The van der Waals surface area contributed by atoms with Crippen molar-refractivity contribution in [3.05, 3.63) is 71.3 Å². The van der Waals surface area contributed by atoms with Gasteiger partial charge in [0.05, 0.1) is 6.04 Å². The smallest absolute Gasteiger partial charge is 0.123 e. The van der Waals surface area contributed by atoms with Gasteiger partial charge in [0.25, 0.3) is 0 Å². The van der Waals surface area contributed by atoms with Crippen LogP contribution >= 0.6 is 0 Å². The highest BCUT2D eigenvalue weighted by Crippen LogP contribution is 2.55. The Morgan fingerprint density at radius 3 is 1.85 bits per heavy atom. The Labute approximate surface area is 155 Å². The molecular weight excluding hydrogens is 328 g/mol. The minimum Gasteiger partial charge on any atom is -0.289 e. The molecule has 138 valence electrons. The molecule has 2 bridgehead atoms. The molecule has 26 heavy (non-hydrogen) atoms. The van der Waals surface area contributed by atoms with Gasteiger partial charge in [-0.3, -0.25) is 4.90 Å². The van der Waals surface area contributed by atoms with E-state index >= 15 is 0 Å². The van der Waals surface area contributed by atoms with Crippen LogP contribution < -0.4 is 0 Å². The maximum Gasteiger partial charge on any atom is 0.123 e. The largest absolute Gasteiger partial charge is 0.289 e. The molecule has 3 heteroatoms. The molecule has 2 aliphatic rings. The summed E-state index contributed by atoms with van der Waals surface area (Å²) >= 11 is 0. The summed E-state index contributed by atoms with van der Waals surface area (Å²) in [6, 6.07) is 14.1. The molecule has 0 spiro atoms. The van der Waals surface area contributed by atoms with Crippen molar-refractivity contribution >= 4 is 0 Å². The minimum absolute atomic E-state index is 0.0388. The lowest BCUT2D eigenvalue weighted by Gasteiger charge is -2.40. The number of likely N-dealkylation sites (tertiary alicyclic amines) is 1. The molecule has 1 aliphatic carbocycles. The first-order valence-corrected chi connectivity index (χ1v) is 9.51. The fourth-order valence-corrected chi connectivity index (χ4v) is 5.67. The summed E-state index contributed by atoms with van der Waals surface area (Å²) in [6.45, 7) is 8.16. The quantitative estimate of drug-likeness (QED) is 0.657. The summed E-state index contributed by atoms with van der Waals surface area (Å²) in [6.07, 6.45) is 3.60. The number of fused-ring (bicyclic) bond motifs is 2. The highest BCUT2D eigenvalue weighted by atomic mass is 19.1. The van der Waals surface area contributed by atoms with Gasteiger partial charge in [0.1, 0.15) is 11.6 Å². The second kappa shape index (κ2) is 6.16. The van der Waals surface area contributed by atoms with Crippen LogP contribution in [0, 0.1) is 22.5 Å². The zero-order valence-corrected chi connectivity index (χ0v) is 15.8. The number of nitrogens with zero attached hydrogens (tertiary/aromatic N) is 1. The lowest BCUT2D eigenvalue weighted by molar-refractivity contribution is 0.122. The molecule has 0 N–H and O–H groups in total. The molecule has 1 aliphatic heterocycles. The summed E-state index contributed by atoms with van der Waals surface area (Å²) in [5.41, 5.74) is 2.80. The van der Waals surface area contributed by atoms with E-state index in [1.807, 2.05) is 24.3 Å². The Bertz CT molecular complexity index is 735. The van der Waals surface area contributed by atoms with E-state index in [2.05, 4.69) is 25.7 Å². The molecule has 0 amide bonds. The first kappa shape index (κ1) is 17.7. The second-order valence-electron chi connectivity index (χ2n) is 9.39. The number of halogens is 2. The van der Waals surface area contributed by atoms with Crippen LogP contribution in [0.25, 0.3) is 0 Å². The standard InChI is InChI=1S/C23H27F2N/c1-22(2)12-20-13-23(3,14-22)15-26(20)21(16-4-8-18(24)9-5-16)17-6-10-19(25)11-7-17/h4-11,20-21H,12-15H2,1-3H3. The molecule has 2 atom stereocenters. The lowest BCUT2D eigenvalue weighted by Crippen LogP contribution is -2.36. The fourth-order valence-electron chi connectivity index (χ4n) is 5.67. The van der Waals surface area contributed by atoms with E-state index < -0.39 is 0 Å². The van der Waals surface area contributed by atoms with Crippen LogP contribution in [-0.4, -0.2) is 17.5 Å². The Morgan fingerprint density at radius 1 is 0.846 bits per heavy atom. The maximum absolute atomic E-state index is 13.5. The van der Waals surface area contributed by atoms with E-state index in [-0.39, 0.29) is 17.7 Å². The topological polar surface area (TPSA) is 3.24 Å². The lowest BCUT2D eigenvalue weighted by atomic mass is 9.65. The second-order valence-corrected chi connectivity index (χ2v) is 9.39. The van der Waals surface area contributed by atoms with Crippen molar-refractivity contribution in [1.82, 2.24) is 4.90 Å². The van der Waals surface area contributed by atoms with E-state index in [9.17, 15) is 8.78 Å². The van der Waals surface area contributed by atoms with Crippen molar-refractivity contribution in [3.8, 4) is 0 Å². The van der Waals surface area contributed by atoms with E-state index in [4.69, 9.17) is 0 Å². The Hall–Kier alpha value is -1.74. The molecule has 1 nitrogen and oxygen atoms in total.